The van der Waals surface area contributed by atoms with Crippen LogP contribution in [0.2, 0.25) is 0 Å². The first-order chi connectivity index (χ1) is 11.0. The van der Waals surface area contributed by atoms with E-state index in [-0.39, 0.29) is 4.90 Å². The molecule has 0 saturated carbocycles. The van der Waals surface area contributed by atoms with Gasteiger partial charge in [0.15, 0.2) is 0 Å². The highest BCUT2D eigenvalue weighted by atomic mass is 32.2. The van der Waals surface area contributed by atoms with Gasteiger partial charge in [0.05, 0.1) is 31.4 Å². The molecule has 0 spiro atoms. The Labute approximate surface area is 135 Å². The maximum Gasteiger partial charge on any atom is 0.262 e. The minimum Gasteiger partial charge on any atom is -0.497 e. The van der Waals surface area contributed by atoms with E-state index in [0.29, 0.717) is 30.2 Å². The molecule has 1 aliphatic heterocycles. The largest absolute Gasteiger partial charge is 0.497 e. The number of anilines is 1. The number of ether oxygens (including phenoxy) is 3. The highest BCUT2D eigenvalue weighted by Crippen LogP contribution is 2.32. The number of hydrogen-bond acceptors (Lipinski definition) is 5. The van der Waals surface area contributed by atoms with Crippen molar-refractivity contribution in [2.75, 3.05) is 25.5 Å². The van der Waals surface area contributed by atoms with Crippen molar-refractivity contribution in [2.45, 2.75) is 11.3 Å². The van der Waals surface area contributed by atoms with Crippen molar-refractivity contribution in [1.29, 1.82) is 0 Å². The van der Waals surface area contributed by atoms with Gasteiger partial charge in [0.25, 0.3) is 10.0 Å². The number of sulfonamides is 1. The van der Waals surface area contributed by atoms with Crippen LogP contribution < -0.4 is 18.9 Å². The lowest BCUT2D eigenvalue weighted by Crippen LogP contribution is -2.14. The molecule has 7 heteroatoms. The molecule has 122 valence electrons. The van der Waals surface area contributed by atoms with Gasteiger partial charge in [0.2, 0.25) is 0 Å². The third-order valence-electron chi connectivity index (χ3n) is 3.62. The van der Waals surface area contributed by atoms with Gasteiger partial charge >= 0.3 is 0 Å². The Morgan fingerprint density at radius 2 is 1.91 bits per heavy atom. The zero-order chi connectivity index (χ0) is 16.4. The van der Waals surface area contributed by atoms with Crippen LogP contribution in [0.5, 0.6) is 17.2 Å². The smallest absolute Gasteiger partial charge is 0.262 e. The fraction of sp³-hybridized carbons (Fsp3) is 0.250. The number of methoxy groups -OCH3 is 2. The summed E-state index contributed by atoms with van der Waals surface area (Å²) in [6.45, 7) is 0.579. The van der Waals surface area contributed by atoms with E-state index in [9.17, 15) is 8.42 Å². The fourth-order valence-electron chi connectivity index (χ4n) is 2.43. The van der Waals surface area contributed by atoms with Crippen molar-refractivity contribution in [3.63, 3.8) is 0 Å². The molecule has 2 aromatic rings. The Hall–Kier alpha value is -2.41. The van der Waals surface area contributed by atoms with E-state index in [4.69, 9.17) is 14.2 Å². The summed E-state index contributed by atoms with van der Waals surface area (Å²) in [7, 11) is -0.741. The molecule has 1 N–H and O–H groups in total. The highest BCUT2D eigenvalue weighted by Gasteiger charge is 2.21. The molecule has 0 fully saturated rings. The molecule has 23 heavy (non-hydrogen) atoms. The van der Waals surface area contributed by atoms with Crippen LogP contribution in [0.1, 0.15) is 5.56 Å². The molecule has 0 radical (unpaired) electrons. The lowest BCUT2D eigenvalue weighted by Gasteiger charge is -2.13. The van der Waals surface area contributed by atoms with Crippen LogP contribution in [0.4, 0.5) is 5.69 Å². The van der Waals surface area contributed by atoms with E-state index >= 15 is 0 Å². The molecule has 2 aromatic carbocycles. The van der Waals surface area contributed by atoms with Gasteiger partial charge in [-0.05, 0) is 35.9 Å². The standard InChI is InChI=1S/C16H17NO5S/c1-20-12-3-5-16(21-2)14(10-12)17-23(18,19)13-4-6-15-11(9-13)7-8-22-15/h3-6,9-10,17H,7-8H2,1-2H3. The molecule has 1 aliphatic rings. The SMILES string of the molecule is COc1ccc(OC)c(NS(=O)(=O)c2ccc3c(c2)CCO3)c1. The van der Waals surface area contributed by atoms with Crippen LogP contribution in [0.3, 0.4) is 0 Å². The zero-order valence-electron chi connectivity index (χ0n) is 12.8. The molecule has 0 unspecified atom stereocenters. The lowest BCUT2D eigenvalue weighted by atomic mass is 10.2. The molecule has 3 rings (SSSR count). The van der Waals surface area contributed by atoms with Crippen LogP contribution in [0.25, 0.3) is 0 Å². The molecular weight excluding hydrogens is 318 g/mol. The Morgan fingerprint density at radius 1 is 1.09 bits per heavy atom. The molecule has 0 atom stereocenters. The van der Waals surface area contributed by atoms with Crippen LogP contribution in [0, 0.1) is 0 Å². The van der Waals surface area contributed by atoms with Gasteiger partial charge in [-0.3, -0.25) is 4.72 Å². The van der Waals surface area contributed by atoms with Gasteiger partial charge in [0.1, 0.15) is 17.2 Å². The van der Waals surface area contributed by atoms with Crippen molar-refractivity contribution >= 4 is 15.7 Å². The van der Waals surface area contributed by atoms with Crippen LogP contribution in [-0.4, -0.2) is 29.2 Å². The van der Waals surface area contributed by atoms with Gasteiger partial charge in [-0.1, -0.05) is 0 Å². The predicted octanol–water partition coefficient (Wildman–Crippen LogP) is 2.44. The van der Waals surface area contributed by atoms with Gasteiger partial charge in [0, 0.05) is 12.5 Å². The minimum atomic E-state index is -3.73. The van der Waals surface area contributed by atoms with E-state index in [1.54, 1.807) is 30.3 Å². The maximum absolute atomic E-state index is 12.6. The normalized spacial score (nSPS) is 13.1. The number of nitrogens with one attached hydrogen (secondary N) is 1. The summed E-state index contributed by atoms with van der Waals surface area (Å²) in [5.41, 5.74) is 1.22. The van der Waals surface area contributed by atoms with Gasteiger partial charge in [-0.25, -0.2) is 8.42 Å². The molecule has 0 amide bonds. The minimum absolute atomic E-state index is 0.187. The average molecular weight is 335 g/mol. The van der Waals surface area contributed by atoms with Gasteiger partial charge in [-0.2, -0.15) is 0 Å². The number of hydrogen-bond donors (Lipinski definition) is 1. The Morgan fingerprint density at radius 3 is 2.65 bits per heavy atom. The topological polar surface area (TPSA) is 73.9 Å². The molecule has 1 heterocycles. The second-order valence-electron chi connectivity index (χ2n) is 5.04. The van der Waals surface area contributed by atoms with Crippen LogP contribution >= 0.6 is 0 Å². The average Bonchev–Trinajstić information content (AvgIpc) is 3.02. The predicted molar refractivity (Wildman–Crippen MR) is 86.0 cm³/mol. The van der Waals surface area contributed by atoms with E-state index in [1.165, 1.54) is 20.3 Å². The fourth-order valence-corrected chi connectivity index (χ4v) is 3.54. The van der Waals surface area contributed by atoms with E-state index in [1.807, 2.05) is 0 Å². The molecule has 6 nitrogen and oxygen atoms in total. The monoisotopic (exact) mass is 335 g/mol. The zero-order valence-corrected chi connectivity index (χ0v) is 13.6. The van der Waals surface area contributed by atoms with Crippen LogP contribution in [0.15, 0.2) is 41.3 Å². The number of benzene rings is 2. The first-order valence-corrected chi connectivity index (χ1v) is 8.52. The third-order valence-corrected chi connectivity index (χ3v) is 4.99. The molecule has 0 aromatic heterocycles. The summed E-state index contributed by atoms with van der Waals surface area (Å²) >= 11 is 0. The van der Waals surface area contributed by atoms with Gasteiger partial charge in [-0.15, -0.1) is 0 Å². The Kier molecular flexibility index (Phi) is 4.04. The molecular formula is C16H17NO5S. The Bertz CT molecular complexity index is 832. The lowest BCUT2D eigenvalue weighted by molar-refractivity contribution is 0.356. The van der Waals surface area contributed by atoms with Crippen molar-refractivity contribution < 1.29 is 22.6 Å². The summed E-state index contributed by atoms with van der Waals surface area (Å²) in [6, 6.07) is 9.76. The second-order valence-corrected chi connectivity index (χ2v) is 6.72. The van der Waals surface area contributed by atoms with E-state index in [2.05, 4.69) is 4.72 Å². The van der Waals surface area contributed by atoms with E-state index in [0.717, 1.165) is 11.3 Å². The second kappa shape index (κ2) is 6.00. The van der Waals surface area contributed by atoms with Gasteiger partial charge < -0.3 is 14.2 Å². The van der Waals surface area contributed by atoms with Crippen molar-refractivity contribution in [1.82, 2.24) is 0 Å². The first-order valence-electron chi connectivity index (χ1n) is 7.04. The molecule has 0 bridgehead atoms. The molecule has 0 aliphatic carbocycles. The maximum atomic E-state index is 12.6. The summed E-state index contributed by atoms with van der Waals surface area (Å²) in [5, 5.41) is 0. The molecule has 0 saturated heterocycles. The summed E-state index contributed by atoms with van der Waals surface area (Å²) < 4.78 is 43.5. The van der Waals surface area contributed by atoms with Crippen molar-refractivity contribution in [3.8, 4) is 17.2 Å². The quantitative estimate of drug-likeness (QED) is 0.908. The highest BCUT2D eigenvalue weighted by molar-refractivity contribution is 7.92. The third kappa shape index (κ3) is 3.05. The summed E-state index contributed by atoms with van der Waals surface area (Å²) in [5.74, 6) is 1.69. The van der Waals surface area contributed by atoms with E-state index < -0.39 is 10.0 Å². The number of fused-ring (bicyclic) bond motifs is 1. The first kappa shape index (κ1) is 15.5. The summed E-state index contributed by atoms with van der Waals surface area (Å²) in [4.78, 5) is 0.187. The number of rotatable bonds is 5. The van der Waals surface area contributed by atoms with Crippen molar-refractivity contribution in [3.05, 3.63) is 42.0 Å². The summed E-state index contributed by atoms with van der Waals surface area (Å²) in [6.07, 6.45) is 0.709. The van der Waals surface area contributed by atoms with Crippen LogP contribution in [-0.2, 0) is 16.4 Å². The van der Waals surface area contributed by atoms with Crippen molar-refractivity contribution in [2.24, 2.45) is 0 Å². The Balaban J connectivity index is 1.95.